The zero-order valence-corrected chi connectivity index (χ0v) is 24.0. The lowest BCUT2D eigenvalue weighted by atomic mass is 10.0. The van der Waals surface area contributed by atoms with Gasteiger partial charge in [-0.15, -0.1) is 18.3 Å². The molecule has 0 spiro atoms. The van der Waals surface area contributed by atoms with Gasteiger partial charge in [0.05, 0.1) is 11.7 Å². The molecule has 1 unspecified atom stereocenters. The van der Waals surface area contributed by atoms with E-state index >= 15 is 0 Å². The highest BCUT2D eigenvalue weighted by Crippen LogP contribution is 2.32. The molecule has 3 aromatic carbocycles. The van der Waals surface area contributed by atoms with Gasteiger partial charge in [-0.1, -0.05) is 68.1 Å². The molecule has 1 aliphatic rings. The number of amidine groups is 1. The summed E-state index contributed by atoms with van der Waals surface area (Å²) in [5, 5.41) is 8.07. The average Bonchev–Trinajstić information content (AvgIpc) is 3.63. The summed E-state index contributed by atoms with van der Waals surface area (Å²) in [6, 6.07) is 20.3. The molecule has 1 aliphatic heterocycles. The molecule has 2 amide bonds. The van der Waals surface area contributed by atoms with Crippen LogP contribution in [0.3, 0.4) is 0 Å². The topological polar surface area (TPSA) is 84.6 Å². The summed E-state index contributed by atoms with van der Waals surface area (Å²) in [7, 11) is 0. The normalized spacial score (nSPS) is 15.3. The number of halogens is 3. The van der Waals surface area contributed by atoms with E-state index in [1.54, 1.807) is 11.8 Å². The number of aromatic nitrogens is 3. The molecular weight excluding hydrogens is 565 g/mol. The Morgan fingerprint density at radius 3 is 2.43 bits per heavy atom. The summed E-state index contributed by atoms with van der Waals surface area (Å²) in [6.07, 6.45) is -3.27. The molecule has 0 aliphatic carbocycles. The first-order chi connectivity index (χ1) is 20.1. The molecule has 218 valence electrons. The molecule has 1 N–H and O–H groups in total. The van der Waals surface area contributed by atoms with Gasteiger partial charge in [-0.2, -0.15) is 4.99 Å². The first kappa shape index (κ1) is 29.2. The predicted molar refractivity (Wildman–Crippen MR) is 158 cm³/mol. The lowest BCUT2D eigenvalue weighted by Gasteiger charge is -2.23. The molecule has 0 saturated carbocycles. The molecule has 0 bridgehead atoms. The SMILES string of the molecule is CC(C)c1ccccc1N1CCS/C1=N\C(=O)NC(C)c1ccc(-c2ncn(-c3ccc(OC(F)(F)F)cc3)n2)cc1. The molecule has 1 atom stereocenters. The third kappa shape index (κ3) is 6.93. The minimum atomic E-state index is -4.75. The highest BCUT2D eigenvalue weighted by atomic mass is 32.2. The number of ether oxygens (including phenoxy) is 1. The fourth-order valence-electron chi connectivity index (χ4n) is 4.57. The van der Waals surface area contributed by atoms with Crippen LogP contribution in [0.4, 0.5) is 23.7 Å². The number of rotatable bonds is 7. The van der Waals surface area contributed by atoms with Gasteiger partial charge in [0.25, 0.3) is 0 Å². The van der Waals surface area contributed by atoms with Crippen LogP contribution in [0.1, 0.15) is 43.9 Å². The first-order valence-corrected chi connectivity index (χ1v) is 14.3. The number of hydrogen-bond acceptors (Lipinski definition) is 5. The van der Waals surface area contributed by atoms with Gasteiger partial charge in [0, 0.05) is 23.5 Å². The predicted octanol–water partition coefficient (Wildman–Crippen LogP) is 7.34. The maximum absolute atomic E-state index is 12.9. The van der Waals surface area contributed by atoms with Crippen LogP contribution in [0.15, 0.2) is 84.1 Å². The lowest BCUT2D eigenvalue weighted by Crippen LogP contribution is -2.29. The maximum atomic E-state index is 12.9. The second-order valence-electron chi connectivity index (χ2n) is 9.96. The summed E-state index contributed by atoms with van der Waals surface area (Å²) in [4.78, 5) is 23.7. The minimum absolute atomic E-state index is 0.290. The maximum Gasteiger partial charge on any atom is 0.573 e. The zero-order valence-electron chi connectivity index (χ0n) is 23.2. The number of para-hydroxylation sites is 1. The molecule has 2 heterocycles. The number of hydrogen-bond donors (Lipinski definition) is 1. The van der Waals surface area contributed by atoms with E-state index < -0.39 is 12.4 Å². The van der Waals surface area contributed by atoms with Crippen molar-refractivity contribution in [1.29, 1.82) is 0 Å². The standard InChI is InChI=1S/C30H29F3N6O2S/c1-19(2)25-6-4-5-7-26(25)38-16-17-42-29(38)36-28(40)35-20(3)21-8-10-22(11-9-21)27-34-18-39(37-27)23-12-14-24(15-13-23)41-30(31,32)33/h4-15,18-20H,16-17H2,1-3H3,(H,35,40)/b36-29-. The van der Waals surface area contributed by atoms with E-state index in [4.69, 9.17) is 0 Å². The van der Waals surface area contributed by atoms with Crippen molar-refractivity contribution in [2.45, 2.75) is 39.1 Å². The third-order valence-electron chi connectivity index (χ3n) is 6.66. The fourth-order valence-corrected chi connectivity index (χ4v) is 5.52. The molecule has 8 nitrogen and oxygen atoms in total. The summed E-state index contributed by atoms with van der Waals surface area (Å²) >= 11 is 1.57. The molecule has 1 fully saturated rings. The van der Waals surface area contributed by atoms with Gasteiger partial charge in [0.2, 0.25) is 0 Å². The highest BCUT2D eigenvalue weighted by molar-refractivity contribution is 8.14. The average molecular weight is 595 g/mol. The largest absolute Gasteiger partial charge is 0.573 e. The van der Waals surface area contributed by atoms with Crippen LogP contribution in [0.25, 0.3) is 17.1 Å². The number of amides is 2. The van der Waals surface area contributed by atoms with Crippen molar-refractivity contribution in [3.8, 4) is 22.8 Å². The Morgan fingerprint density at radius 1 is 1.02 bits per heavy atom. The highest BCUT2D eigenvalue weighted by Gasteiger charge is 2.31. The van der Waals surface area contributed by atoms with Crippen molar-refractivity contribution in [3.63, 3.8) is 0 Å². The summed E-state index contributed by atoms with van der Waals surface area (Å²) in [6.45, 7) is 6.98. The molecule has 12 heteroatoms. The quantitative estimate of drug-likeness (QED) is 0.241. The van der Waals surface area contributed by atoms with E-state index in [1.165, 1.54) is 40.8 Å². The third-order valence-corrected chi connectivity index (χ3v) is 7.62. The Balaban J connectivity index is 1.23. The van der Waals surface area contributed by atoms with Crippen LogP contribution in [-0.2, 0) is 0 Å². The van der Waals surface area contributed by atoms with Gasteiger partial charge >= 0.3 is 12.4 Å². The molecule has 4 aromatic rings. The van der Waals surface area contributed by atoms with Gasteiger partial charge in [0.15, 0.2) is 11.0 Å². The van der Waals surface area contributed by atoms with Crippen LogP contribution in [0.5, 0.6) is 5.75 Å². The van der Waals surface area contributed by atoms with E-state index in [9.17, 15) is 18.0 Å². The van der Waals surface area contributed by atoms with E-state index in [0.29, 0.717) is 22.6 Å². The van der Waals surface area contributed by atoms with Crippen LogP contribution in [-0.4, -0.2) is 44.6 Å². The van der Waals surface area contributed by atoms with Crippen LogP contribution in [0.2, 0.25) is 0 Å². The van der Waals surface area contributed by atoms with E-state index in [2.05, 4.69) is 56.0 Å². The van der Waals surface area contributed by atoms with Gasteiger partial charge in [-0.25, -0.2) is 14.5 Å². The monoisotopic (exact) mass is 594 g/mol. The molecule has 5 rings (SSSR count). The van der Waals surface area contributed by atoms with E-state index in [-0.39, 0.29) is 11.8 Å². The van der Waals surface area contributed by atoms with Crippen molar-refractivity contribution in [1.82, 2.24) is 20.1 Å². The number of thioether (sulfide) groups is 1. The lowest BCUT2D eigenvalue weighted by molar-refractivity contribution is -0.274. The van der Waals surface area contributed by atoms with Gasteiger partial charge < -0.3 is 15.0 Å². The molecular formula is C30H29F3N6O2S. The number of alkyl halides is 3. The Hall–Kier alpha value is -4.32. The molecule has 0 radical (unpaired) electrons. The molecule has 42 heavy (non-hydrogen) atoms. The number of benzene rings is 3. The van der Waals surface area contributed by atoms with Crippen molar-refractivity contribution in [2.75, 3.05) is 17.2 Å². The first-order valence-electron chi connectivity index (χ1n) is 13.3. The zero-order chi connectivity index (χ0) is 29.9. The van der Waals surface area contributed by atoms with Crippen LogP contribution < -0.4 is 15.0 Å². The summed E-state index contributed by atoms with van der Waals surface area (Å²) in [5.41, 5.74) is 4.46. The van der Waals surface area contributed by atoms with Crippen molar-refractivity contribution >= 4 is 28.6 Å². The smallest absolute Gasteiger partial charge is 0.406 e. The Morgan fingerprint density at radius 2 is 1.74 bits per heavy atom. The van der Waals surface area contributed by atoms with E-state index in [1.807, 2.05) is 43.3 Å². The molecule has 1 saturated heterocycles. The Labute approximate surface area is 245 Å². The number of anilines is 1. The summed E-state index contributed by atoms with van der Waals surface area (Å²) < 4.78 is 42.6. The van der Waals surface area contributed by atoms with Gasteiger partial charge in [-0.3, -0.25) is 0 Å². The van der Waals surface area contributed by atoms with E-state index in [0.717, 1.165) is 29.1 Å². The number of carbonyl (C=O) groups is 1. The van der Waals surface area contributed by atoms with Crippen molar-refractivity contribution in [3.05, 3.63) is 90.3 Å². The van der Waals surface area contributed by atoms with Crippen molar-refractivity contribution < 1.29 is 22.7 Å². The van der Waals surface area contributed by atoms with Crippen molar-refractivity contribution in [2.24, 2.45) is 4.99 Å². The van der Waals surface area contributed by atoms with Gasteiger partial charge in [0.1, 0.15) is 12.1 Å². The van der Waals surface area contributed by atoms with Crippen LogP contribution >= 0.6 is 11.8 Å². The second kappa shape index (κ2) is 12.3. The summed E-state index contributed by atoms with van der Waals surface area (Å²) in [5.74, 6) is 1.34. The number of aliphatic imine (C=N–C) groups is 1. The second-order valence-corrected chi connectivity index (χ2v) is 11.0. The molecule has 1 aromatic heterocycles. The number of urea groups is 1. The van der Waals surface area contributed by atoms with Gasteiger partial charge in [-0.05, 0) is 54.3 Å². The fraction of sp³-hybridized carbons (Fsp3) is 0.267. The Kier molecular flexibility index (Phi) is 8.53. The number of nitrogens with one attached hydrogen (secondary N) is 1. The Bertz CT molecular complexity index is 1570. The number of carbonyl (C=O) groups excluding carboxylic acids is 1. The van der Waals surface area contributed by atoms with Crippen LogP contribution in [0, 0.1) is 0 Å². The minimum Gasteiger partial charge on any atom is -0.406 e. The number of nitrogens with zero attached hydrogens (tertiary/aromatic N) is 5.